The summed E-state index contributed by atoms with van der Waals surface area (Å²) in [5.74, 6) is -4.10. The van der Waals surface area contributed by atoms with Gasteiger partial charge in [-0.25, -0.2) is 22.8 Å². The summed E-state index contributed by atoms with van der Waals surface area (Å²) in [7, 11) is 1.26. The summed E-state index contributed by atoms with van der Waals surface area (Å²) in [6, 6.07) is 5.56. The number of methoxy groups -OCH3 is 1. The van der Waals surface area contributed by atoms with Crippen LogP contribution in [0.1, 0.15) is 47.9 Å². The van der Waals surface area contributed by atoms with Crippen LogP contribution in [0.5, 0.6) is 11.5 Å². The van der Waals surface area contributed by atoms with Crippen LogP contribution >= 0.6 is 11.6 Å². The first-order chi connectivity index (χ1) is 21.7. The number of nitrogens with zero attached hydrogens (tertiary/aromatic N) is 3. The van der Waals surface area contributed by atoms with Gasteiger partial charge in [0.05, 0.1) is 32.4 Å². The number of pyridine rings is 1. The molecule has 1 fully saturated rings. The molecule has 46 heavy (non-hydrogen) atoms. The summed E-state index contributed by atoms with van der Waals surface area (Å²) in [4.78, 5) is 29.7. The van der Waals surface area contributed by atoms with E-state index in [4.69, 9.17) is 26.8 Å². The van der Waals surface area contributed by atoms with Crippen molar-refractivity contribution >= 4 is 34.3 Å². The highest BCUT2D eigenvalue weighted by Crippen LogP contribution is 2.54. The van der Waals surface area contributed by atoms with E-state index in [0.29, 0.717) is 4.68 Å². The number of primary amides is 1. The Morgan fingerprint density at radius 2 is 1.96 bits per heavy atom. The molecule has 244 valence electrons. The minimum atomic E-state index is -2.95. The fraction of sp³-hybridized carbons (Fsp3) is 0.333. The molecule has 1 atom stereocenters. The van der Waals surface area contributed by atoms with Gasteiger partial charge in [0.2, 0.25) is 5.91 Å². The van der Waals surface area contributed by atoms with Crippen LogP contribution in [0.2, 0.25) is 5.02 Å². The van der Waals surface area contributed by atoms with E-state index in [0.717, 1.165) is 18.3 Å². The van der Waals surface area contributed by atoms with Gasteiger partial charge in [-0.05, 0) is 50.1 Å². The van der Waals surface area contributed by atoms with E-state index in [1.54, 1.807) is 6.92 Å². The van der Waals surface area contributed by atoms with E-state index in [1.807, 2.05) is 0 Å². The first-order valence-electron chi connectivity index (χ1n) is 13.9. The van der Waals surface area contributed by atoms with Crippen LogP contribution < -0.4 is 20.5 Å². The predicted octanol–water partition coefficient (Wildman–Crippen LogP) is 4.98. The van der Waals surface area contributed by atoms with Crippen molar-refractivity contribution in [2.45, 2.75) is 44.0 Å². The third-order valence-electron chi connectivity index (χ3n) is 7.63. The number of aromatic nitrogens is 3. The Morgan fingerprint density at radius 3 is 2.57 bits per heavy atom. The van der Waals surface area contributed by atoms with Gasteiger partial charge in [0.25, 0.3) is 5.91 Å². The maximum absolute atomic E-state index is 16.1. The van der Waals surface area contributed by atoms with Gasteiger partial charge < -0.3 is 25.6 Å². The van der Waals surface area contributed by atoms with E-state index >= 15 is 8.78 Å². The third kappa shape index (κ3) is 5.91. The highest BCUT2D eigenvalue weighted by Gasteiger charge is 2.62. The minimum Gasteiger partial charge on any atom is -0.494 e. The lowest BCUT2D eigenvalue weighted by Crippen LogP contribution is -2.49. The Bertz CT molecular complexity index is 1850. The number of fused-ring (bicyclic) bond motifs is 1. The third-order valence-corrected chi connectivity index (χ3v) is 7.97. The van der Waals surface area contributed by atoms with Gasteiger partial charge in [0.1, 0.15) is 39.2 Å². The van der Waals surface area contributed by atoms with Crippen molar-refractivity contribution in [3.8, 4) is 22.8 Å². The Labute approximate surface area is 263 Å². The molecule has 1 aliphatic carbocycles. The van der Waals surface area contributed by atoms with E-state index in [1.165, 1.54) is 25.3 Å². The zero-order chi connectivity index (χ0) is 33.6. The summed E-state index contributed by atoms with van der Waals surface area (Å²) >= 11 is 5.82. The number of rotatable bonds is 12. The number of ether oxygens (including phenoxy) is 2. The summed E-state index contributed by atoms with van der Waals surface area (Å²) in [6.07, 6.45) is 0.237. The van der Waals surface area contributed by atoms with E-state index in [-0.39, 0.29) is 64.2 Å². The van der Waals surface area contributed by atoms with Crippen LogP contribution in [0, 0.1) is 11.6 Å². The lowest BCUT2D eigenvalue weighted by atomic mass is 9.88. The Kier molecular flexibility index (Phi) is 8.84. The van der Waals surface area contributed by atoms with Crippen molar-refractivity contribution in [1.82, 2.24) is 20.1 Å². The quantitative estimate of drug-likeness (QED) is 0.143. The van der Waals surface area contributed by atoms with Gasteiger partial charge in [-0.15, -0.1) is 0 Å². The number of nitrogens with one attached hydrogen (secondary N) is 1. The summed E-state index contributed by atoms with van der Waals surface area (Å²) in [5.41, 5.74) is -0.539. The molecule has 1 aliphatic rings. The number of aliphatic hydroxyl groups is 1. The molecule has 1 saturated carbocycles. The highest BCUT2D eigenvalue weighted by atomic mass is 35.5. The smallest absolute Gasteiger partial charge is 0.333 e. The molecule has 2 heterocycles. The Morgan fingerprint density at radius 1 is 1.24 bits per heavy atom. The molecule has 0 saturated heterocycles. The molecule has 5 rings (SSSR count). The monoisotopic (exact) mass is 667 g/mol. The summed E-state index contributed by atoms with van der Waals surface area (Å²) in [6.45, 7) is -2.12. The number of hydrogen-bond donors (Lipinski definition) is 3. The number of halogens is 6. The first kappa shape index (κ1) is 32.9. The number of amides is 2. The molecule has 4 aromatic rings. The van der Waals surface area contributed by atoms with E-state index in [9.17, 15) is 27.9 Å². The number of alkyl halides is 3. The number of benzene rings is 2. The van der Waals surface area contributed by atoms with Crippen LogP contribution in [0.3, 0.4) is 0 Å². The van der Waals surface area contributed by atoms with Crippen LogP contribution in [0.25, 0.3) is 22.2 Å². The first-order valence-corrected chi connectivity index (χ1v) is 14.2. The maximum Gasteiger partial charge on any atom is 0.333 e. The highest BCUT2D eigenvalue weighted by molar-refractivity contribution is 6.31. The normalized spacial score (nSPS) is 15.1. The molecule has 2 amide bonds. The molecule has 16 heteroatoms. The van der Waals surface area contributed by atoms with Gasteiger partial charge in [-0.1, -0.05) is 11.6 Å². The fourth-order valence-corrected chi connectivity index (χ4v) is 5.30. The molecule has 0 spiro atoms. The second-order valence-electron chi connectivity index (χ2n) is 10.7. The molecular weight excluding hydrogens is 641 g/mol. The van der Waals surface area contributed by atoms with Crippen molar-refractivity contribution < 1.29 is 46.1 Å². The standard InChI is InChI=1S/C30H27ClF5N5O5/c1-3-46-26-14(11-21(37)42)10-20(39-25(26)17-4-5-18(32)22(31)23(17)33)30(44,29(36)6-7-29)13-38-27(43)15-8-16-12-41(28(34)35)40-24(16)19(9-15)45-2/h4-5,8-10,12,28,44H,3,6-7,11,13H2,1-2H3,(H2,37,42)(H,38,43)/t30-/m0/s1. The molecule has 0 radical (unpaired) electrons. The van der Waals surface area contributed by atoms with E-state index in [2.05, 4.69) is 15.4 Å². The largest absolute Gasteiger partial charge is 0.494 e. The average molecular weight is 668 g/mol. The Balaban J connectivity index is 1.59. The molecule has 0 unspecified atom stereocenters. The SMILES string of the molecule is CCOc1c(CC(N)=O)cc([C@@](O)(CNC(=O)c2cc(OC)c3nn(C(F)F)cc3c2)C2(F)CC2)nc1-c1ccc(F)c(Cl)c1F. The zero-order valence-corrected chi connectivity index (χ0v) is 25.1. The molecule has 0 bridgehead atoms. The van der Waals surface area contributed by atoms with Crippen LogP contribution in [-0.4, -0.2) is 57.6 Å². The maximum atomic E-state index is 16.1. The van der Waals surface area contributed by atoms with Gasteiger partial charge in [0, 0.05) is 28.3 Å². The molecule has 2 aromatic heterocycles. The van der Waals surface area contributed by atoms with Crippen molar-refractivity contribution in [2.24, 2.45) is 5.73 Å². The number of nitrogens with two attached hydrogens (primary N) is 1. The van der Waals surface area contributed by atoms with Crippen molar-refractivity contribution in [3.63, 3.8) is 0 Å². The van der Waals surface area contributed by atoms with Crippen LogP contribution in [0.15, 0.2) is 36.5 Å². The molecule has 4 N–H and O–H groups in total. The number of hydrogen-bond acceptors (Lipinski definition) is 7. The summed E-state index contributed by atoms with van der Waals surface area (Å²) in [5, 5.41) is 17.4. The zero-order valence-electron chi connectivity index (χ0n) is 24.3. The van der Waals surface area contributed by atoms with Gasteiger partial charge in [0.15, 0.2) is 11.4 Å². The van der Waals surface area contributed by atoms with Gasteiger partial charge in [-0.3, -0.25) is 9.59 Å². The molecule has 2 aromatic carbocycles. The topological polar surface area (TPSA) is 142 Å². The molecule has 0 aliphatic heterocycles. The van der Waals surface area contributed by atoms with Crippen LogP contribution in [0.4, 0.5) is 22.0 Å². The fourth-order valence-electron chi connectivity index (χ4n) is 5.13. The van der Waals surface area contributed by atoms with Crippen molar-refractivity contribution in [1.29, 1.82) is 0 Å². The lowest BCUT2D eigenvalue weighted by molar-refractivity contribution is -0.117. The molecule has 10 nitrogen and oxygen atoms in total. The predicted molar refractivity (Wildman–Crippen MR) is 156 cm³/mol. The lowest BCUT2D eigenvalue weighted by Gasteiger charge is -2.33. The van der Waals surface area contributed by atoms with E-state index < -0.39 is 65.0 Å². The number of carbonyl (C=O) groups excluding carboxylic acids is 2. The van der Waals surface area contributed by atoms with Crippen molar-refractivity contribution in [3.05, 3.63) is 70.0 Å². The summed E-state index contributed by atoms with van der Waals surface area (Å²) < 4.78 is 83.1. The average Bonchev–Trinajstić information content (AvgIpc) is 3.62. The molecular formula is C30H27ClF5N5O5. The van der Waals surface area contributed by atoms with Crippen LogP contribution in [-0.2, 0) is 16.8 Å². The van der Waals surface area contributed by atoms with Gasteiger partial charge in [-0.2, -0.15) is 13.9 Å². The van der Waals surface area contributed by atoms with Gasteiger partial charge >= 0.3 is 6.55 Å². The number of carbonyl (C=O) groups is 2. The van der Waals surface area contributed by atoms with Crippen molar-refractivity contribution in [2.75, 3.05) is 20.3 Å². The minimum absolute atomic E-state index is 0.00767. The Hall–Kier alpha value is -4.50. The second kappa shape index (κ2) is 12.4. The second-order valence-corrected chi connectivity index (χ2v) is 11.0.